The number of carbonyl (C=O) groups excluding carboxylic acids is 1. The number of carbonyl (C=O) groups is 1. The number of nitriles is 1. The molecule has 0 aliphatic carbocycles. The first-order valence-corrected chi connectivity index (χ1v) is 5.81. The van der Waals surface area contributed by atoms with E-state index in [1.165, 1.54) is 0 Å². The summed E-state index contributed by atoms with van der Waals surface area (Å²) in [5, 5.41) is 13.4. The number of anilines is 1. The van der Waals surface area contributed by atoms with Crippen LogP contribution in [0.5, 0.6) is 0 Å². The topological polar surface area (TPSA) is 61.9 Å². The Hall–Kier alpha value is -1.83. The van der Waals surface area contributed by atoms with E-state index >= 15 is 0 Å². The highest BCUT2D eigenvalue weighted by Gasteiger charge is 2.25. The SMILES string of the molecule is Cc1nn(C)c(N2CCCC(C=O)C2)c1C#N. The van der Waals surface area contributed by atoms with E-state index in [2.05, 4.69) is 16.1 Å². The van der Waals surface area contributed by atoms with Crippen LogP contribution in [0.1, 0.15) is 24.1 Å². The van der Waals surface area contributed by atoms with Crippen molar-refractivity contribution in [3.63, 3.8) is 0 Å². The lowest BCUT2D eigenvalue weighted by molar-refractivity contribution is -0.111. The summed E-state index contributed by atoms with van der Waals surface area (Å²) in [6, 6.07) is 2.20. The third kappa shape index (κ3) is 2.03. The molecular formula is C12H16N4O. The summed E-state index contributed by atoms with van der Waals surface area (Å²) in [6.07, 6.45) is 2.94. The maximum absolute atomic E-state index is 10.9. The van der Waals surface area contributed by atoms with Crippen LogP contribution in [0.15, 0.2) is 0 Å². The van der Waals surface area contributed by atoms with E-state index in [1.807, 2.05) is 14.0 Å². The van der Waals surface area contributed by atoms with Crippen molar-refractivity contribution in [1.82, 2.24) is 9.78 Å². The van der Waals surface area contributed by atoms with Crippen LogP contribution in [-0.2, 0) is 11.8 Å². The van der Waals surface area contributed by atoms with Crippen LogP contribution in [0.2, 0.25) is 0 Å². The molecule has 0 radical (unpaired) electrons. The molecule has 0 bridgehead atoms. The number of rotatable bonds is 2. The predicted octanol–water partition coefficient (Wildman–Crippen LogP) is 1.02. The second kappa shape index (κ2) is 4.58. The van der Waals surface area contributed by atoms with Gasteiger partial charge in [-0.1, -0.05) is 0 Å². The van der Waals surface area contributed by atoms with E-state index < -0.39 is 0 Å². The van der Waals surface area contributed by atoms with Gasteiger partial charge in [-0.2, -0.15) is 10.4 Å². The van der Waals surface area contributed by atoms with Crippen molar-refractivity contribution in [2.75, 3.05) is 18.0 Å². The van der Waals surface area contributed by atoms with Crippen LogP contribution in [0.3, 0.4) is 0 Å². The van der Waals surface area contributed by atoms with Crippen LogP contribution < -0.4 is 4.90 Å². The van der Waals surface area contributed by atoms with Gasteiger partial charge in [0.1, 0.15) is 23.7 Å². The van der Waals surface area contributed by atoms with Crippen molar-refractivity contribution in [3.05, 3.63) is 11.3 Å². The first-order chi connectivity index (χ1) is 8.17. The number of hydrogen-bond donors (Lipinski definition) is 0. The molecular weight excluding hydrogens is 216 g/mol. The molecule has 1 aliphatic heterocycles. The molecule has 1 unspecified atom stereocenters. The van der Waals surface area contributed by atoms with E-state index in [9.17, 15) is 4.79 Å². The van der Waals surface area contributed by atoms with E-state index in [0.717, 1.165) is 37.2 Å². The Kier molecular flexibility index (Phi) is 3.14. The standard InChI is InChI=1S/C12H16N4O/c1-9-11(6-13)12(15(2)14-9)16-5-3-4-10(7-16)8-17/h8,10H,3-5,7H2,1-2H3. The highest BCUT2D eigenvalue weighted by Crippen LogP contribution is 2.26. The van der Waals surface area contributed by atoms with Crippen LogP contribution in [0, 0.1) is 24.2 Å². The molecule has 17 heavy (non-hydrogen) atoms. The minimum Gasteiger partial charge on any atom is -0.355 e. The van der Waals surface area contributed by atoms with Gasteiger partial charge in [-0.05, 0) is 19.8 Å². The summed E-state index contributed by atoms with van der Waals surface area (Å²) in [6.45, 7) is 3.42. The normalized spacial score (nSPS) is 20.1. The van der Waals surface area contributed by atoms with E-state index in [0.29, 0.717) is 12.1 Å². The third-order valence-electron chi connectivity index (χ3n) is 3.25. The zero-order chi connectivity index (χ0) is 12.4. The van der Waals surface area contributed by atoms with Gasteiger partial charge in [-0.3, -0.25) is 4.68 Å². The minimum atomic E-state index is 0.0745. The molecule has 5 heteroatoms. The van der Waals surface area contributed by atoms with Crippen molar-refractivity contribution in [1.29, 1.82) is 5.26 Å². The highest BCUT2D eigenvalue weighted by atomic mass is 16.1. The van der Waals surface area contributed by atoms with Gasteiger partial charge in [-0.15, -0.1) is 0 Å². The Morgan fingerprint density at radius 1 is 1.59 bits per heavy atom. The van der Waals surface area contributed by atoms with Crippen LogP contribution in [0.4, 0.5) is 5.82 Å². The molecule has 0 spiro atoms. The molecule has 2 rings (SSSR count). The summed E-state index contributed by atoms with van der Waals surface area (Å²) >= 11 is 0. The summed E-state index contributed by atoms with van der Waals surface area (Å²) < 4.78 is 1.74. The maximum Gasteiger partial charge on any atom is 0.144 e. The molecule has 5 nitrogen and oxygen atoms in total. The van der Waals surface area contributed by atoms with Crippen molar-refractivity contribution in [2.45, 2.75) is 19.8 Å². The van der Waals surface area contributed by atoms with E-state index in [4.69, 9.17) is 5.26 Å². The first-order valence-electron chi connectivity index (χ1n) is 5.81. The van der Waals surface area contributed by atoms with Gasteiger partial charge in [0.25, 0.3) is 0 Å². The Balaban J connectivity index is 2.33. The Morgan fingerprint density at radius 3 is 3.00 bits per heavy atom. The Morgan fingerprint density at radius 2 is 2.35 bits per heavy atom. The molecule has 0 aromatic carbocycles. The summed E-state index contributed by atoms with van der Waals surface area (Å²) in [7, 11) is 1.84. The number of aryl methyl sites for hydroxylation is 2. The third-order valence-corrected chi connectivity index (χ3v) is 3.25. The number of nitrogens with zero attached hydrogens (tertiary/aromatic N) is 4. The van der Waals surface area contributed by atoms with Crippen molar-refractivity contribution in [3.8, 4) is 6.07 Å². The number of aromatic nitrogens is 2. The van der Waals surface area contributed by atoms with Crippen molar-refractivity contribution < 1.29 is 4.79 Å². The van der Waals surface area contributed by atoms with Gasteiger partial charge >= 0.3 is 0 Å². The zero-order valence-corrected chi connectivity index (χ0v) is 10.2. The van der Waals surface area contributed by atoms with E-state index in [-0.39, 0.29) is 5.92 Å². The highest BCUT2D eigenvalue weighted by molar-refractivity contribution is 5.60. The Labute approximate surface area is 101 Å². The monoisotopic (exact) mass is 232 g/mol. The van der Waals surface area contributed by atoms with E-state index in [1.54, 1.807) is 4.68 Å². The van der Waals surface area contributed by atoms with Crippen molar-refractivity contribution in [2.24, 2.45) is 13.0 Å². The van der Waals surface area contributed by atoms with Gasteiger partial charge in [0.2, 0.25) is 0 Å². The lowest BCUT2D eigenvalue weighted by Crippen LogP contribution is -2.37. The molecule has 2 heterocycles. The zero-order valence-electron chi connectivity index (χ0n) is 10.2. The maximum atomic E-state index is 10.9. The first kappa shape index (κ1) is 11.6. The quantitative estimate of drug-likeness (QED) is 0.714. The summed E-state index contributed by atoms with van der Waals surface area (Å²) in [5.74, 6) is 0.919. The predicted molar refractivity (Wildman–Crippen MR) is 63.7 cm³/mol. The largest absolute Gasteiger partial charge is 0.355 e. The molecule has 90 valence electrons. The van der Waals surface area contributed by atoms with Crippen molar-refractivity contribution >= 4 is 12.1 Å². The van der Waals surface area contributed by atoms with Gasteiger partial charge < -0.3 is 9.69 Å². The second-order valence-electron chi connectivity index (χ2n) is 4.50. The lowest BCUT2D eigenvalue weighted by Gasteiger charge is -2.31. The van der Waals surface area contributed by atoms with Crippen LogP contribution >= 0.6 is 0 Å². The molecule has 0 N–H and O–H groups in total. The fourth-order valence-corrected chi connectivity index (χ4v) is 2.45. The molecule has 1 aliphatic rings. The molecule has 1 atom stereocenters. The van der Waals surface area contributed by atoms with Gasteiger partial charge in [0.05, 0.1) is 5.69 Å². The molecule has 1 aromatic rings. The number of hydrogen-bond acceptors (Lipinski definition) is 4. The number of piperidine rings is 1. The fraction of sp³-hybridized carbons (Fsp3) is 0.583. The van der Waals surface area contributed by atoms with Gasteiger partial charge in [0, 0.05) is 26.1 Å². The summed E-state index contributed by atoms with van der Waals surface area (Å²) in [4.78, 5) is 13.0. The molecule has 0 saturated carbocycles. The number of aldehydes is 1. The Bertz CT molecular complexity index is 472. The summed E-state index contributed by atoms with van der Waals surface area (Å²) in [5.41, 5.74) is 1.37. The van der Waals surface area contributed by atoms with Gasteiger partial charge in [-0.25, -0.2) is 0 Å². The second-order valence-corrected chi connectivity index (χ2v) is 4.50. The molecule has 1 fully saturated rings. The lowest BCUT2D eigenvalue weighted by atomic mass is 9.99. The van der Waals surface area contributed by atoms with Crippen LogP contribution in [-0.4, -0.2) is 29.2 Å². The molecule has 1 aromatic heterocycles. The average molecular weight is 232 g/mol. The fourth-order valence-electron chi connectivity index (χ4n) is 2.45. The average Bonchev–Trinajstić information content (AvgIpc) is 2.63. The molecule has 0 amide bonds. The minimum absolute atomic E-state index is 0.0745. The van der Waals surface area contributed by atoms with Crippen LogP contribution in [0.25, 0.3) is 0 Å². The molecule has 1 saturated heterocycles. The van der Waals surface area contributed by atoms with Gasteiger partial charge in [0.15, 0.2) is 0 Å². The smallest absolute Gasteiger partial charge is 0.144 e.